The number of para-hydroxylation sites is 1. The maximum Gasteiger partial charge on any atom is 0.227 e. The van der Waals surface area contributed by atoms with E-state index in [4.69, 9.17) is 18.0 Å². The quantitative estimate of drug-likeness (QED) is 0.788. The van der Waals surface area contributed by atoms with Crippen LogP contribution in [0.1, 0.15) is 5.69 Å². The topological polar surface area (TPSA) is 63.8 Å². The highest BCUT2D eigenvalue weighted by Crippen LogP contribution is 2.11. The highest BCUT2D eigenvalue weighted by molar-refractivity contribution is 7.80. The van der Waals surface area contributed by atoms with Gasteiger partial charge in [-0.2, -0.15) is 0 Å². The van der Waals surface area contributed by atoms with Crippen LogP contribution in [0, 0.1) is 0 Å². The maximum atomic E-state index is 5.49. The second-order valence-corrected chi connectivity index (χ2v) is 3.56. The predicted octanol–water partition coefficient (Wildman–Crippen LogP) is 1.85. The van der Waals surface area contributed by atoms with Crippen molar-refractivity contribution >= 4 is 28.8 Å². The molecule has 3 N–H and O–H groups in total. The van der Waals surface area contributed by atoms with Crippen molar-refractivity contribution < 1.29 is 0 Å². The Morgan fingerprint density at radius 2 is 1.94 bits per heavy atom. The Morgan fingerprint density at radius 3 is 2.62 bits per heavy atom. The molecule has 80 valence electrons. The number of nitrogens with zero attached hydrogens (tertiary/aromatic N) is 2. The molecule has 0 atom stereocenters. The number of thiocarbonyl (C=S) groups is 1. The Balaban J connectivity index is 2.22. The summed E-state index contributed by atoms with van der Waals surface area (Å²) in [5.41, 5.74) is 6.97. The SMILES string of the molecule is NC(=S)c1ccnc(Nc2ccccc2)n1. The molecule has 0 spiro atoms. The first-order chi connectivity index (χ1) is 7.75. The van der Waals surface area contributed by atoms with Crippen LogP contribution in [0.15, 0.2) is 42.6 Å². The second-order valence-electron chi connectivity index (χ2n) is 3.12. The zero-order valence-electron chi connectivity index (χ0n) is 8.42. The lowest BCUT2D eigenvalue weighted by atomic mass is 10.3. The second kappa shape index (κ2) is 4.67. The van der Waals surface area contributed by atoms with E-state index in [-0.39, 0.29) is 4.99 Å². The minimum absolute atomic E-state index is 0.263. The molecule has 0 saturated carbocycles. The van der Waals surface area contributed by atoms with E-state index in [1.807, 2.05) is 30.3 Å². The van der Waals surface area contributed by atoms with E-state index >= 15 is 0 Å². The van der Waals surface area contributed by atoms with Gasteiger partial charge in [0.1, 0.15) is 10.7 Å². The number of aromatic nitrogens is 2. The minimum Gasteiger partial charge on any atom is -0.388 e. The summed E-state index contributed by atoms with van der Waals surface area (Å²) in [5, 5.41) is 3.06. The first-order valence-corrected chi connectivity index (χ1v) is 5.11. The fraction of sp³-hybridized carbons (Fsp3) is 0. The Labute approximate surface area is 98.5 Å². The summed E-state index contributed by atoms with van der Waals surface area (Å²) >= 11 is 4.85. The van der Waals surface area contributed by atoms with Crippen molar-refractivity contribution in [3.8, 4) is 0 Å². The van der Waals surface area contributed by atoms with E-state index in [1.54, 1.807) is 12.3 Å². The van der Waals surface area contributed by atoms with Crippen molar-refractivity contribution in [1.82, 2.24) is 9.97 Å². The number of hydrogen-bond acceptors (Lipinski definition) is 4. The van der Waals surface area contributed by atoms with Crippen LogP contribution in [-0.4, -0.2) is 15.0 Å². The van der Waals surface area contributed by atoms with E-state index in [1.165, 1.54) is 0 Å². The Bertz CT molecular complexity index is 498. The fourth-order valence-electron chi connectivity index (χ4n) is 1.21. The number of rotatable bonds is 3. The summed E-state index contributed by atoms with van der Waals surface area (Å²) in [6, 6.07) is 11.3. The molecule has 0 radical (unpaired) electrons. The van der Waals surface area contributed by atoms with Gasteiger partial charge in [0.05, 0.1) is 0 Å². The average Bonchev–Trinajstić information content (AvgIpc) is 2.30. The summed E-state index contributed by atoms with van der Waals surface area (Å²) in [4.78, 5) is 8.52. The molecule has 0 aliphatic heterocycles. The van der Waals surface area contributed by atoms with E-state index in [9.17, 15) is 0 Å². The molecule has 5 heteroatoms. The summed E-state index contributed by atoms with van der Waals surface area (Å²) < 4.78 is 0. The number of hydrogen-bond donors (Lipinski definition) is 2. The molecule has 16 heavy (non-hydrogen) atoms. The van der Waals surface area contributed by atoms with Crippen molar-refractivity contribution in [2.24, 2.45) is 5.73 Å². The van der Waals surface area contributed by atoms with Gasteiger partial charge in [0.15, 0.2) is 0 Å². The Morgan fingerprint density at radius 1 is 1.19 bits per heavy atom. The maximum absolute atomic E-state index is 5.49. The molecule has 1 aromatic carbocycles. The summed E-state index contributed by atoms with van der Waals surface area (Å²) in [7, 11) is 0. The number of benzene rings is 1. The summed E-state index contributed by atoms with van der Waals surface area (Å²) in [5.74, 6) is 0.483. The van der Waals surface area contributed by atoms with Crippen molar-refractivity contribution in [2.75, 3.05) is 5.32 Å². The third-order valence-electron chi connectivity index (χ3n) is 1.94. The molecule has 0 bridgehead atoms. The van der Waals surface area contributed by atoms with Gasteiger partial charge in [-0.1, -0.05) is 30.4 Å². The molecule has 0 amide bonds. The van der Waals surface area contributed by atoms with Crippen molar-refractivity contribution in [1.29, 1.82) is 0 Å². The zero-order valence-corrected chi connectivity index (χ0v) is 9.24. The van der Waals surface area contributed by atoms with Gasteiger partial charge in [-0.3, -0.25) is 0 Å². The monoisotopic (exact) mass is 230 g/mol. The van der Waals surface area contributed by atoms with Crippen LogP contribution in [0.25, 0.3) is 0 Å². The van der Waals surface area contributed by atoms with Crippen LogP contribution < -0.4 is 11.1 Å². The molecule has 4 nitrogen and oxygen atoms in total. The van der Waals surface area contributed by atoms with E-state index < -0.39 is 0 Å². The summed E-state index contributed by atoms with van der Waals surface area (Å²) in [6.45, 7) is 0. The lowest BCUT2D eigenvalue weighted by molar-refractivity contribution is 1.15. The lowest BCUT2D eigenvalue weighted by Gasteiger charge is -2.05. The molecule has 0 saturated heterocycles. The molecule has 1 heterocycles. The largest absolute Gasteiger partial charge is 0.388 e. The highest BCUT2D eigenvalue weighted by atomic mass is 32.1. The standard InChI is InChI=1S/C11H10N4S/c12-10(16)9-6-7-13-11(15-9)14-8-4-2-1-3-5-8/h1-7H,(H2,12,16)(H,13,14,15). The van der Waals surface area contributed by atoms with Gasteiger partial charge in [0.25, 0.3) is 0 Å². The van der Waals surface area contributed by atoms with Crippen molar-refractivity contribution in [3.63, 3.8) is 0 Å². The van der Waals surface area contributed by atoms with Gasteiger partial charge in [0, 0.05) is 11.9 Å². The van der Waals surface area contributed by atoms with Crippen LogP contribution in [0.3, 0.4) is 0 Å². The molecule has 0 aliphatic carbocycles. The van der Waals surface area contributed by atoms with Gasteiger partial charge in [-0.15, -0.1) is 0 Å². The first kappa shape index (κ1) is 10.5. The lowest BCUT2D eigenvalue weighted by Crippen LogP contribution is -2.12. The highest BCUT2D eigenvalue weighted by Gasteiger charge is 2.01. The zero-order chi connectivity index (χ0) is 11.4. The molecule has 0 unspecified atom stereocenters. The van der Waals surface area contributed by atoms with Crippen LogP contribution >= 0.6 is 12.2 Å². The van der Waals surface area contributed by atoms with E-state index in [0.717, 1.165) is 5.69 Å². The number of nitrogens with two attached hydrogens (primary N) is 1. The summed E-state index contributed by atoms with van der Waals surface area (Å²) in [6.07, 6.45) is 1.62. The van der Waals surface area contributed by atoms with Gasteiger partial charge in [-0.25, -0.2) is 9.97 Å². The molecular weight excluding hydrogens is 220 g/mol. The normalized spacial score (nSPS) is 9.75. The molecule has 0 aliphatic rings. The number of anilines is 2. The van der Waals surface area contributed by atoms with Crippen molar-refractivity contribution in [3.05, 3.63) is 48.3 Å². The first-order valence-electron chi connectivity index (χ1n) is 4.70. The smallest absolute Gasteiger partial charge is 0.227 e. The minimum atomic E-state index is 0.263. The van der Waals surface area contributed by atoms with E-state index in [2.05, 4.69) is 15.3 Å². The average molecular weight is 230 g/mol. The fourth-order valence-corrected chi connectivity index (χ4v) is 1.32. The van der Waals surface area contributed by atoms with E-state index in [0.29, 0.717) is 11.6 Å². The molecule has 2 rings (SSSR count). The van der Waals surface area contributed by atoms with Gasteiger partial charge >= 0.3 is 0 Å². The molecule has 2 aromatic rings. The number of nitrogens with one attached hydrogen (secondary N) is 1. The molecule has 0 fully saturated rings. The van der Waals surface area contributed by atoms with Crippen LogP contribution in [-0.2, 0) is 0 Å². The van der Waals surface area contributed by atoms with Crippen LogP contribution in [0.4, 0.5) is 11.6 Å². The van der Waals surface area contributed by atoms with Gasteiger partial charge in [-0.05, 0) is 18.2 Å². The molecule has 1 aromatic heterocycles. The third kappa shape index (κ3) is 2.52. The van der Waals surface area contributed by atoms with Crippen LogP contribution in [0.5, 0.6) is 0 Å². The third-order valence-corrected chi connectivity index (χ3v) is 2.15. The van der Waals surface area contributed by atoms with Crippen LogP contribution in [0.2, 0.25) is 0 Å². The van der Waals surface area contributed by atoms with Crippen molar-refractivity contribution in [2.45, 2.75) is 0 Å². The molecular formula is C11H10N4S. The predicted molar refractivity (Wildman–Crippen MR) is 67.6 cm³/mol. The Hall–Kier alpha value is -2.01. The van der Waals surface area contributed by atoms with Gasteiger partial charge < -0.3 is 11.1 Å². The van der Waals surface area contributed by atoms with Gasteiger partial charge in [0.2, 0.25) is 5.95 Å². The Kier molecular flexibility index (Phi) is 3.07.